The van der Waals surface area contributed by atoms with Crippen molar-refractivity contribution in [1.29, 1.82) is 0 Å². The molecule has 0 aliphatic carbocycles. The summed E-state index contributed by atoms with van der Waals surface area (Å²) in [5, 5.41) is 0. The highest BCUT2D eigenvalue weighted by Crippen LogP contribution is 2.28. The molecule has 1 aromatic carbocycles. The van der Waals surface area contributed by atoms with Crippen LogP contribution in [0.1, 0.15) is 36.4 Å². The lowest BCUT2D eigenvalue weighted by molar-refractivity contribution is 0.318. The van der Waals surface area contributed by atoms with E-state index in [9.17, 15) is 13.6 Å². The first-order valence-electron chi connectivity index (χ1n) is 9.11. The largest absolute Gasteiger partial charge is 0.342 e. The van der Waals surface area contributed by atoms with Gasteiger partial charge >= 0.3 is 0 Å². The highest BCUT2D eigenvalue weighted by molar-refractivity contribution is 5.32. The summed E-state index contributed by atoms with van der Waals surface area (Å²) in [5.41, 5.74) is 1.02. The second-order valence-corrected chi connectivity index (χ2v) is 7.12. The summed E-state index contributed by atoms with van der Waals surface area (Å²) in [6, 6.07) is 5.84. The Kier molecular flexibility index (Phi) is 4.72. The van der Waals surface area contributed by atoms with Crippen LogP contribution >= 0.6 is 0 Å². The van der Waals surface area contributed by atoms with Gasteiger partial charge in [-0.25, -0.2) is 13.8 Å². The number of nitrogens with zero attached hydrogens (tertiary/aromatic N) is 3. The number of nitrogens with one attached hydrogen (secondary N) is 1. The molecule has 5 nitrogen and oxygen atoms in total. The number of benzene rings is 1. The second kappa shape index (κ2) is 7.15. The maximum absolute atomic E-state index is 13.9. The first kappa shape index (κ1) is 17.1. The van der Waals surface area contributed by atoms with Crippen LogP contribution in [-0.4, -0.2) is 41.0 Å². The summed E-state index contributed by atoms with van der Waals surface area (Å²) in [6.07, 6.45) is 3.08. The predicted molar refractivity (Wildman–Crippen MR) is 95.3 cm³/mol. The number of H-pyrrole nitrogens is 1. The molecule has 2 aromatic rings. The van der Waals surface area contributed by atoms with E-state index in [2.05, 4.69) is 19.8 Å². The van der Waals surface area contributed by atoms with Crippen LogP contribution in [0.5, 0.6) is 0 Å². The van der Waals surface area contributed by atoms with Crippen molar-refractivity contribution in [3.63, 3.8) is 0 Å². The summed E-state index contributed by atoms with van der Waals surface area (Å²) in [6.45, 7) is 3.66. The van der Waals surface area contributed by atoms with E-state index in [-0.39, 0.29) is 11.5 Å². The lowest BCUT2D eigenvalue weighted by Gasteiger charge is -2.19. The van der Waals surface area contributed by atoms with Gasteiger partial charge in [0.15, 0.2) is 11.6 Å². The molecule has 0 saturated carbocycles. The number of likely N-dealkylation sites (tertiary alicyclic amines) is 1. The van der Waals surface area contributed by atoms with Crippen LogP contribution in [0.15, 0.2) is 29.1 Å². The van der Waals surface area contributed by atoms with Crippen LogP contribution in [0.4, 0.5) is 14.7 Å². The minimum atomic E-state index is -0.815. The highest BCUT2D eigenvalue weighted by atomic mass is 19.2. The molecule has 0 radical (unpaired) electrons. The number of aromatic nitrogens is 2. The Hall–Kier alpha value is -2.28. The fourth-order valence-electron chi connectivity index (χ4n) is 3.88. The van der Waals surface area contributed by atoms with Crippen LogP contribution in [0.2, 0.25) is 0 Å². The van der Waals surface area contributed by atoms with Gasteiger partial charge in [0.05, 0.1) is 5.69 Å². The Labute approximate surface area is 150 Å². The predicted octanol–water partition coefficient (Wildman–Crippen LogP) is 2.64. The number of anilines is 1. The molecule has 2 fully saturated rings. The summed E-state index contributed by atoms with van der Waals surface area (Å²) in [7, 11) is 0. The van der Waals surface area contributed by atoms with E-state index in [4.69, 9.17) is 0 Å². The Morgan fingerprint density at radius 2 is 2.00 bits per heavy atom. The Morgan fingerprint density at radius 3 is 2.81 bits per heavy atom. The van der Waals surface area contributed by atoms with E-state index in [0.717, 1.165) is 50.7 Å². The SMILES string of the molecule is O=c1cc([C@@H]2CCN(Cc3cccc(F)c3F)C2)nc(N2CCCC2)[nH]1. The molecule has 0 spiro atoms. The van der Waals surface area contributed by atoms with Gasteiger partial charge in [-0.2, -0.15) is 0 Å². The minimum absolute atomic E-state index is 0.133. The van der Waals surface area contributed by atoms with E-state index < -0.39 is 11.6 Å². The molecule has 2 aliphatic rings. The molecule has 1 N–H and O–H groups in total. The molecule has 1 atom stereocenters. The van der Waals surface area contributed by atoms with Crippen molar-refractivity contribution >= 4 is 5.95 Å². The Bertz CT molecular complexity index is 848. The zero-order valence-electron chi connectivity index (χ0n) is 14.5. The van der Waals surface area contributed by atoms with Crippen LogP contribution in [-0.2, 0) is 6.54 Å². The van der Waals surface area contributed by atoms with Gasteiger partial charge in [-0.3, -0.25) is 14.7 Å². The quantitative estimate of drug-likeness (QED) is 0.911. The minimum Gasteiger partial charge on any atom is -0.342 e. The molecule has 1 aromatic heterocycles. The monoisotopic (exact) mass is 360 g/mol. The fraction of sp³-hybridized carbons (Fsp3) is 0.474. The molecule has 0 unspecified atom stereocenters. The molecule has 0 amide bonds. The third-order valence-corrected chi connectivity index (χ3v) is 5.27. The topological polar surface area (TPSA) is 52.2 Å². The van der Waals surface area contributed by atoms with Crippen LogP contribution in [0.3, 0.4) is 0 Å². The summed E-state index contributed by atoms with van der Waals surface area (Å²) in [4.78, 5) is 23.8. The second-order valence-electron chi connectivity index (χ2n) is 7.12. The first-order valence-corrected chi connectivity index (χ1v) is 9.11. The van der Waals surface area contributed by atoms with Crippen molar-refractivity contribution in [2.24, 2.45) is 0 Å². The van der Waals surface area contributed by atoms with E-state index >= 15 is 0 Å². The van der Waals surface area contributed by atoms with Crippen LogP contribution in [0, 0.1) is 11.6 Å². The van der Waals surface area contributed by atoms with Crippen molar-refractivity contribution in [2.45, 2.75) is 31.7 Å². The van der Waals surface area contributed by atoms with Crippen molar-refractivity contribution < 1.29 is 8.78 Å². The molecule has 138 valence electrons. The molecule has 4 rings (SSSR count). The number of aromatic amines is 1. The maximum atomic E-state index is 13.9. The number of halogens is 2. The molecular formula is C19H22F2N4O. The Balaban J connectivity index is 1.48. The molecule has 26 heavy (non-hydrogen) atoms. The third kappa shape index (κ3) is 3.49. The van der Waals surface area contributed by atoms with Crippen molar-refractivity contribution in [3.8, 4) is 0 Å². The molecule has 2 saturated heterocycles. The number of rotatable bonds is 4. The maximum Gasteiger partial charge on any atom is 0.252 e. The van der Waals surface area contributed by atoms with Gasteiger partial charge in [0.2, 0.25) is 5.95 Å². The van der Waals surface area contributed by atoms with Crippen molar-refractivity contribution in [1.82, 2.24) is 14.9 Å². The van der Waals surface area contributed by atoms with Gasteiger partial charge in [-0.1, -0.05) is 12.1 Å². The van der Waals surface area contributed by atoms with Gasteiger partial charge in [0.25, 0.3) is 5.56 Å². The van der Waals surface area contributed by atoms with Crippen LogP contribution in [0.25, 0.3) is 0 Å². The van der Waals surface area contributed by atoms with Gasteiger partial charge in [-0.15, -0.1) is 0 Å². The van der Waals surface area contributed by atoms with Crippen molar-refractivity contribution in [2.75, 3.05) is 31.1 Å². The zero-order valence-corrected chi connectivity index (χ0v) is 14.5. The third-order valence-electron chi connectivity index (χ3n) is 5.27. The number of hydrogen-bond donors (Lipinski definition) is 1. The Morgan fingerprint density at radius 1 is 1.19 bits per heavy atom. The molecular weight excluding hydrogens is 338 g/mol. The summed E-state index contributed by atoms with van der Waals surface area (Å²) >= 11 is 0. The smallest absolute Gasteiger partial charge is 0.252 e. The standard InChI is InChI=1S/C19H22F2N4O/c20-15-5-3-4-14(18(15)21)12-24-9-6-13(11-24)16-10-17(26)23-19(22-16)25-7-1-2-8-25/h3-5,10,13H,1-2,6-9,11-12H2,(H,22,23,26)/t13-/m1/s1. The van der Waals surface area contributed by atoms with E-state index in [1.807, 2.05) is 0 Å². The normalized spacial score (nSPS) is 20.8. The van der Waals surface area contributed by atoms with Gasteiger partial charge in [0.1, 0.15) is 0 Å². The highest BCUT2D eigenvalue weighted by Gasteiger charge is 2.27. The fourth-order valence-corrected chi connectivity index (χ4v) is 3.88. The number of hydrogen-bond acceptors (Lipinski definition) is 4. The van der Waals surface area contributed by atoms with Gasteiger partial charge < -0.3 is 4.90 Å². The lowest BCUT2D eigenvalue weighted by atomic mass is 10.0. The summed E-state index contributed by atoms with van der Waals surface area (Å²) in [5.74, 6) is -0.804. The molecule has 7 heteroatoms. The van der Waals surface area contributed by atoms with E-state index in [1.165, 1.54) is 6.07 Å². The van der Waals surface area contributed by atoms with E-state index in [0.29, 0.717) is 24.6 Å². The van der Waals surface area contributed by atoms with Crippen molar-refractivity contribution in [3.05, 3.63) is 57.5 Å². The first-order chi connectivity index (χ1) is 12.6. The van der Waals surface area contributed by atoms with Gasteiger partial charge in [0, 0.05) is 43.7 Å². The van der Waals surface area contributed by atoms with E-state index in [1.54, 1.807) is 12.1 Å². The molecule has 0 bridgehead atoms. The summed E-state index contributed by atoms with van der Waals surface area (Å²) < 4.78 is 27.3. The molecule has 3 heterocycles. The van der Waals surface area contributed by atoms with Gasteiger partial charge in [-0.05, 0) is 31.9 Å². The molecule has 2 aliphatic heterocycles. The van der Waals surface area contributed by atoms with Crippen LogP contribution < -0.4 is 10.5 Å². The zero-order chi connectivity index (χ0) is 18.1. The average Bonchev–Trinajstić information content (AvgIpc) is 3.30. The lowest BCUT2D eigenvalue weighted by Crippen LogP contribution is -2.25. The average molecular weight is 360 g/mol.